The van der Waals surface area contributed by atoms with Crippen molar-refractivity contribution in [3.05, 3.63) is 69.9 Å². The maximum Gasteiger partial charge on any atom is 0.271 e. The number of nitrogens with one attached hydrogen (secondary N) is 1. The molecule has 0 aliphatic carbocycles. The summed E-state index contributed by atoms with van der Waals surface area (Å²) in [6.07, 6.45) is 3.87. The van der Waals surface area contributed by atoms with E-state index in [9.17, 15) is 9.59 Å². The standard InChI is InChI=1S/C25H26N4O3S/c1-3-25(2)12-19-17(14-32-25)11-18-21-22(33-23(18)28-19)24(31)29(15-27-21)13-20(30)26-10-9-16-7-5-4-6-8-16/h4-8,11,15H,3,9-10,12-14H2,1-2H3,(H,26,30)/t25-/m0/s1. The van der Waals surface area contributed by atoms with Crippen molar-refractivity contribution in [3.8, 4) is 0 Å². The van der Waals surface area contributed by atoms with Crippen LogP contribution in [0.1, 0.15) is 37.1 Å². The highest BCUT2D eigenvalue weighted by Gasteiger charge is 2.31. The predicted molar refractivity (Wildman–Crippen MR) is 130 cm³/mol. The van der Waals surface area contributed by atoms with E-state index < -0.39 is 0 Å². The van der Waals surface area contributed by atoms with Gasteiger partial charge in [-0.25, -0.2) is 9.97 Å². The molecule has 3 aromatic heterocycles. The SMILES string of the molecule is CC[C@@]1(C)Cc2nc3sc4c(=O)n(CC(=O)NCCc5ccccc5)cnc4c3cc2CO1. The van der Waals surface area contributed by atoms with Crippen LogP contribution in [0.5, 0.6) is 0 Å². The first kappa shape index (κ1) is 21.7. The first-order chi connectivity index (χ1) is 16.0. The molecule has 5 rings (SSSR count). The molecule has 1 N–H and O–H groups in total. The van der Waals surface area contributed by atoms with E-state index in [0.717, 1.165) is 46.3 Å². The topological polar surface area (TPSA) is 86.1 Å². The average Bonchev–Trinajstić information content (AvgIpc) is 3.18. The molecule has 0 saturated heterocycles. The van der Waals surface area contributed by atoms with Crippen LogP contribution in [0, 0.1) is 0 Å². The lowest BCUT2D eigenvalue weighted by Crippen LogP contribution is -2.35. The Labute approximate surface area is 195 Å². The number of ether oxygens (including phenoxy) is 1. The Kier molecular flexibility index (Phi) is 5.72. The molecule has 0 bridgehead atoms. The average molecular weight is 463 g/mol. The molecule has 4 aromatic rings. The molecule has 0 unspecified atom stereocenters. The van der Waals surface area contributed by atoms with Crippen molar-refractivity contribution in [2.75, 3.05) is 6.54 Å². The molecule has 8 heteroatoms. The number of carbonyl (C=O) groups is 1. The molecule has 33 heavy (non-hydrogen) atoms. The number of amides is 1. The molecule has 1 aliphatic rings. The highest BCUT2D eigenvalue weighted by molar-refractivity contribution is 7.25. The van der Waals surface area contributed by atoms with Gasteiger partial charge in [0.25, 0.3) is 5.56 Å². The molecule has 0 radical (unpaired) electrons. The van der Waals surface area contributed by atoms with Crippen LogP contribution in [0.3, 0.4) is 0 Å². The van der Waals surface area contributed by atoms with Gasteiger partial charge in [-0.3, -0.25) is 14.2 Å². The number of hydrogen-bond acceptors (Lipinski definition) is 6. The van der Waals surface area contributed by atoms with E-state index in [-0.39, 0.29) is 23.6 Å². The van der Waals surface area contributed by atoms with Gasteiger partial charge in [-0.05, 0) is 31.4 Å². The maximum absolute atomic E-state index is 13.1. The van der Waals surface area contributed by atoms with E-state index in [0.29, 0.717) is 23.4 Å². The number of hydrogen-bond donors (Lipinski definition) is 1. The van der Waals surface area contributed by atoms with E-state index in [1.165, 1.54) is 22.2 Å². The second-order valence-corrected chi connectivity index (χ2v) is 9.76. The van der Waals surface area contributed by atoms with Crippen LogP contribution < -0.4 is 10.9 Å². The van der Waals surface area contributed by atoms with Crippen molar-refractivity contribution in [2.24, 2.45) is 0 Å². The van der Waals surface area contributed by atoms with Crippen molar-refractivity contribution < 1.29 is 9.53 Å². The number of nitrogens with zero attached hydrogens (tertiary/aromatic N) is 3. The molecule has 170 valence electrons. The van der Waals surface area contributed by atoms with E-state index in [2.05, 4.69) is 30.2 Å². The summed E-state index contributed by atoms with van der Waals surface area (Å²) in [7, 11) is 0. The smallest absolute Gasteiger partial charge is 0.271 e. The molecule has 1 amide bonds. The molecule has 1 atom stereocenters. The molecule has 0 spiro atoms. The lowest BCUT2D eigenvalue weighted by Gasteiger charge is -2.33. The summed E-state index contributed by atoms with van der Waals surface area (Å²) in [4.78, 5) is 35.7. The van der Waals surface area contributed by atoms with Gasteiger partial charge in [0.15, 0.2) is 0 Å². The van der Waals surface area contributed by atoms with Crippen LogP contribution in [0.2, 0.25) is 0 Å². The Morgan fingerprint density at radius 3 is 2.91 bits per heavy atom. The van der Waals surface area contributed by atoms with E-state index in [1.807, 2.05) is 30.3 Å². The molecule has 4 heterocycles. The summed E-state index contributed by atoms with van der Waals surface area (Å²) in [5, 5.41) is 3.75. The molecule has 0 saturated carbocycles. The molecular formula is C25H26N4O3S. The number of benzene rings is 1. The Balaban J connectivity index is 1.37. The highest BCUT2D eigenvalue weighted by Crippen LogP contribution is 2.35. The predicted octanol–water partition coefficient (Wildman–Crippen LogP) is 3.61. The number of fused-ring (bicyclic) bond motifs is 4. The van der Waals surface area contributed by atoms with Crippen LogP contribution in [-0.4, -0.2) is 32.6 Å². The van der Waals surface area contributed by atoms with E-state index in [1.54, 1.807) is 0 Å². The van der Waals surface area contributed by atoms with Crippen LogP contribution in [0.25, 0.3) is 20.4 Å². The normalized spacial score (nSPS) is 17.9. The van der Waals surface area contributed by atoms with E-state index in [4.69, 9.17) is 9.72 Å². The van der Waals surface area contributed by atoms with Crippen LogP contribution in [0.4, 0.5) is 0 Å². The van der Waals surface area contributed by atoms with Crippen molar-refractivity contribution in [3.63, 3.8) is 0 Å². The van der Waals surface area contributed by atoms with Gasteiger partial charge in [-0.1, -0.05) is 37.3 Å². The Morgan fingerprint density at radius 2 is 2.12 bits per heavy atom. The fourth-order valence-electron chi connectivity index (χ4n) is 4.15. The third-order valence-electron chi connectivity index (χ3n) is 6.36. The van der Waals surface area contributed by atoms with Crippen LogP contribution >= 0.6 is 11.3 Å². The van der Waals surface area contributed by atoms with Crippen molar-refractivity contribution >= 4 is 37.7 Å². The van der Waals surface area contributed by atoms with Crippen molar-refractivity contribution in [1.82, 2.24) is 19.9 Å². The third-order valence-corrected chi connectivity index (χ3v) is 7.44. The Hall–Kier alpha value is -3.10. The van der Waals surface area contributed by atoms with E-state index >= 15 is 0 Å². The third kappa shape index (κ3) is 4.28. The zero-order valence-electron chi connectivity index (χ0n) is 18.8. The first-order valence-corrected chi connectivity index (χ1v) is 12.0. The summed E-state index contributed by atoms with van der Waals surface area (Å²) in [5.74, 6) is -0.208. The van der Waals surface area contributed by atoms with Gasteiger partial charge < -0.3 is 10.1 Å². The van der Waals surface area contributed by atoms with Crippen molar-refractivity contribution in [2.45, 2.75) is 51.9 Å². The fraction of sp³-hybridized carbons (Fsp3) is 0.360. The van der Waals surface area contributed by atoms with Gasteiger partial charge in [-0.2, -0.15) is 0 Å². The fourth-order valence-corrected chi connectivity index (χ4v) is 5.23. The van der Waals surface area contributed by atoms with Crippen LogP contribution in [0.15, 0.2) is 47.5 Å². The largest absolute Gasteiger partial charge is 0.370 e. The minimum atomic E-state index is -0.214. The number of carbonyl (C=O) groups excluding carboxylic acids is 1. The Morgan fingerprint density at radius 1 is 1.30 bits per heavy atom. The molecule has 1 aromatic carbocycles. The lowest BCUT2D eigenvalue weighted by atomic mass is 9.91. The number of thiophene rings is 1. The second kappa shape index (κ2) is 8.68. The minimum Gasteiger partial charge on any atom is -0.370 e. The van der Waals surface area contributed by atoms with Gasteiger partial charge >= 0.3 is 0 Å². The number of rotatable bonds is 6. The van der Waals surface area contributed by atoms with Crippen molar-refractivity contribution in [1.29, 1.82) is 0 Å². The summed E-state index contributed by atoms with van der Waals surface area (Å²) >= 11 is 1.35. The first-order valence-electron chi connectivity index (χ1n) is 11.2. The second-order valence-electron chi connectivity index (χ2n) is 8.76. The number of aromatic nitrogens is 3. The zero-order valence-corrected chi connectivity index (χ0v) is 19.6. The summed E-state index contributed by atoms with van der Waals surface area (Å²) in [6.45, 7) is 5.20. The maximum atomic E-state index is 13.1. The molecule has 0 fully saturated rings. The van der Waals surface area contributed by atoms with Gasteiger partial charge in [-0.15, -0.1) is 11.3 Å². The summed E-state index contributed by atoms with van der Waals surface area (Å²) < 4.78 is 7.95. The van der Waals surface area contributed by atoms with Gasteiger partial charge in [0.2, 0.25) is 5.91 Å². The van der Waals surface area contributed by atoms with Crippen LogP contribution in [-0.2, 0) is 35.5 Å². The monoisotopic (exact) mass is 462 g/mol. The van der Waals surface area contributed by atoms with Gasteiger partial charge in [0.1, 0.15) is 16.1 Å². The Bertz CT molecular complexity index is 1400. The minimum absolute atomic E-state index is 0.0581. The number of pyridine rings is 1. The molecule has 1 aliphatic heterocycles. The van der Waals surface area contributed by atoms with Gasteiger partial charge in [0, 0.05) is 23.9 Å². The van der Waals surface area contributed by atoms with Gasteiger partial charge in [0.05, 0.1) is 29.7 Å². The summed E-state index contributed by atoms with van der Waals surface area (Å²) in [6, 6.07) is 12.0. The molecular weight excluding hydrogens is 436 g/mol. The zero-order chi connectivity index (χ0) is 23.0. The quantitative estimate of drug-likeness (QED) is 0.473. The summed E-state index contributed by atoms with van der Waals surface area (Å²) in [5.41, 5.74) is 3.46. The highest BCUT2D eigenvalue weighted by atomic mass is 32.1. The lowest BCUT2D eigenvalue weighted by molar-refractivity contribution is -0.121. The molecule has 7 nitrogen and oxygen atoms in total.